The standard InChI is InChI=1S/C7H10N3O3/c8-7(9)3-12-5-1-10(11)2-6(5)13-4-7/h1-2H,3-4,8-9H2/q-1. The fourth-order valence-corrected chi connectivity index (χ4v) is 1.08. The van der Waals surface area contributed by atoms with Crippen LogP contribution < -0.4 is 20.9 Å². The van der Waals surface area contributed by atoms with Crippen molar-refractivity contribution in [1.82, 2.24) is 4.73 Å². The molecule has 0 radical (unpaired) electrons. The van der Waals surface area contributed by atoms with Crippen LogP contribution in [0.2, 0.25) is 0 Å². The van der Waals surface area contributed by atoms with E-state index < -0.39 is 5.66 Å². The summed E-state index contributed by atoms with van der Waals surface area (Å²) in [4.78, 5) is 0. The molecule has 0 aromatic carbocycles. The Morgan fingerprint density at radius 1 is 1.23 bits per heavy atom. The number of rotatable bonds is 0. The van der Waals surface area contributed by atoms with Gasteiger partial charge in [0.1, 0.15) is 18.9 Å². The average Bonchev–Trinajstić information content (AvgIpc) is 2.34. The Bertz CT molecular complexity index is 293. The van der Waals surface area contributed by atoms with Crippen LogP contribution in [-0.2, 0) is 0 Å². The minimum atomic E-state index is -1.00. The minimum Gasteiger partial charge on any atom is -0.806 e. The van der Waals surface area contributed by atoms with Gasteiger partial charge in [-0.15, -0.1) is 0 Å². The van der Waals surface area contributed by atoms with Crippen molar-refractivity contribution in [3.63, 3.8) is 0 Å². The molecule has 0 bridgehead atoms. The summed E-state index contributed by atoms with van der Waals surface area (Å²) in [5.74, 6) is 0.764. The summed E-state index contributed by atoms with van der Waals surface area (Å²) in [5, 5.41) is 10.8. The second-order valence-electron chi connectivity index (χ2n) is 3.16. The molecule has 13 heavy (non-hydrogen) atoms. The maximum Gasteiger partial charge on any atom is 0.178 e. The molecule has 6 heteroatoms. The van der Waals surface area contributed by atoms with Gasteiger partial charge in [-0.3, -0.25) is 0 Å². The Balaban J connectivity index is 2.24. The maximum absolute atomic E-state index is 10.8. The van der Waals surface area contributed by atoms with Gasteiger partial charge in [0.25, 0.3) is 0 Å². The molecule has 2 rings (SSSR count). The molecule has 1 aromatic heterocycles. The summed E-state index contributed by atoms with van der Waals surface area (Å²) in [6.45, 7) is 0.258. The monoisotopic (exact) mass is 184 g/mol. The van der Waals surface area contributed by atoms with Crippen molar-refractivity contribution in [3.8, 4) is 11.5 Å². The van der Waals surface area contributed by atoms with Crippen molar-refractivity contribution in [2.75, 3.05) is 13.2 Å². The fraction of sp³-hybridized carbons (Fsp3) is 0.429. The largest absolute Gasteiger partial charge is 0.806 e. The van der Waals surface area contributed by atoms with Gasteiger partial charge >= 0.3 is 0 Å². The van der Waals surface area contributed by atoms with Gasteiger partial charge < -0.3 is 30.9 Å². The molecule has 4 N–H and O–H groups in total. The zero-order valence-corrected chi connectivity index (χ0v) is 6.90. The summed E-state index contributed by atoms with van der Waals surface area (Å²) < 4.78 is 11.0. The first kappa shape index (κ1) is 8.21. The van der Waals surface area contributed by atoms with Crippen LogP contribution >= 0.6 is 0 Å². The van der Waals surface area contributed by atoms with E-state index in [0.29, 0.717) is 16.2 Å². The molecule has 2 heterocycles. The van der Waals surface area contributed by atoms with Gasteiger partial charge in [0.05, 0.1) is 0 Å². The lowest BCUT2D eigenvalue weighted by Gasteiger charge is -2.20. The Kier molecular flexibility index (Phi) is 1.61. The summed E-state index contributed by atoms with van der Waals surface area (Å²) in [7, 11) is 0. The van der Waals surface area contributed by atoms with Crippen molar-refractivity contribution in [1.29, 1.82) is 0 Å². The number of hydrogen-bond donors (Lipinski definition) is 2. The predicted octanol–water partition coefficient (Wildman–Crippen LogP) is -0.781. The molecule has 72 valence electrons. The first-order chi connectivity index (χ1) is 6.07. The Morgan fingerprint density at radius 2 is 1.69 bits per heavy atom. The van der Waals surface area contributed by atoms with Crippen LogP contribution in [0.15, 0.2) is 12.4 Å². The lowest BCUT2D eigenvalue weighted by Crippen LogP contribution is -2.57. The van der Waals surface area contributed by atoms with Crippen LogP contribution in [0.4, 0.5) is 0 Å². The van der Waals surface area contributed by atoms with E-state index in [4.69, 9.17) is 20.9 Å². The van der Waals surface area contributed by atoms with Crippen molar-refractivity contribution >= 4 is 0 Å². The third-order valence-electron chi connectivity index (χ3n) is 1.72. The van der Waals surface area contributed by atoms with Gasteiger partial charge in [0, 0.05) is 12.4 Å². The topological polar surface area (TPSA) is 98.5 Å². The number of nitrogens with zero attached hydrogens (tertiary/aromatic N) is 1. The smallest absolute Gasteiger partial charge is 0.178 e. The normalized spacial score (nSPS) is 19.5. The van der Waals surface area contributed by atoms with Gasteiger partial charge in [0.15, 0.2) is 11.5 Å². The molecular formula is C7H10N3O3-. The second kappa shape index (κ2) is 2.54. The third-order valence-corrected chi connectivity index (χ3v) is 1.72. The van der Waals surface area contributed by atoms with Crippen LogP contribution in [0.5, 0.6) is 11.5 Å². The van der Waals surface area contributed by atoms with E-state index in [9.17, 15) is 5.21 Å². The van der Waals surface area contributed by atoms with Crippen LogP contribution in [-0.4, -0.2) is 23.6 Å². The Labute approximate surface area is 74.6 Å². The maximum atomic E-state index is 10.8. The highest BCUT2D eigenvalue weighted by molar-refractivity contribution is 5.39. The van der Waals surface area contributed by atoms with Gasteiger partial charge in [-0.2, -0.15) is 0 Å². The van der Waals surface area contributed by atoms with E-state index in [1.54, 1.807) is 0 Å². The van der Waals surface area contributed by atoms with Crippen LogP contribution in [0.1, 0.15) is 0 Å². The highest BCUT2D eigenvalue weighted by Crippen LogP contribution is 2.30. The van der Waals surface area contributed by atoms with E-state index >= 15 is 0 Å². The van der Waals surface area contributed by atoms with Gasteiger partial charge in [0.2, 0.25) is 0 Å². The molecule has 1 aromatic rings. The third kappa shape index (κ3) is 1.53. The Hall–Kier alpha value is -1.40. The van der Waals surface area contributed by atoms with E-state index in [1.807, 2.05) is 0 Å². The van der Waals surface area contributed by atoms with Crippen molar-refractivity contribution in [3.05, 3.63) is 17.6 Å². The molecule has 0 amide bonds. The van der Waals surface area contributed by atoms with Crippen molar-refractivity contribution in [2.24, 2.45) is 11.5 Å². The van der Waals surface area contributed by atoms with Crippen LogP contribution in [0.3, 0.4) is 0 Å². The van der Waals surface area contributed by atoms with Gasteiger partial charge in [-0.05, 0) is 0 Å². The number of ether oxygens (including phenoxy) is 2. The van der Waals surface area contributed by atoms with E-state index in [-0.39, 0.29) is 13.2 Å². The quantitative estimate of drug-likeness (QED) is 0.515. The second-order valence-corrected chi connectivity index (χ2v) is 3.16. The zero-order chi connectivity index (χ0) is 9.47. The predicted molar refractivity (Wildman–Crippen MR) is 45.3 cm³/mol. The molecule has 0 fully saturated rings. The number of aromatic nitrogens is 1. The molecule has 0 aliphatic carbocycles. The molecule has 0 unspecified atom stereocenters. The highest BCUT2D eigenvalue weighted by Gasteiger charge is 2.26. The average molecular weight is 184 g/mol. The molecular weight excluding hydrogens is 174 g/mol. The van der Waals surface area contributed by atoms with Crippen LogP contribution in [0, 0.1) is 5.21 Å². The van der Waals surface area contributed by atoms with Gasteiger partial charge in [-0.1, -0.05) is 0 Å². The molecule has 1 aliphatic rings. The molecule has 0 spiro atoms. The van der Waals surface area contributed by atoms with E-state index in [1.165, 1.54) is 12.4 Å². The van der Waals surface area contributed by atoms with E-state index in [2.05, 4.69) is 0 Å². The summed E-state index contributed by atoms with van der Waals surface area (Å²) >= 11 is 0. The zero-order valence-electron chi connectivity index (χ0n) is 6.90. The summed E-state index contributed by atoms with van der Waals surface area (Å²) in [6.07, 6.45) is 2.55. The first-order valence-electron chi connectivity index (χ1n) is 3.80. The molecule has 0 saturated carbocycles. The van der Waals surface area contributed by atoms with Crippen molar-refractivity contribution < 1.29 is 9.47 Å². The summed E-state index contributed by atoms with van der Waals surface area (Å²) in [6, 6.07) is 0. The van der Waals surface area contributed by atoms with E-state index in [0.717, 1.165) is 0 Å². The number of hydrogen-bond acceptors (Lipinski definition) is 5. The first-order valence-corrected chi connectivity index (χ1v) is 3.80. The lowest BCUT2D eigenvalue weighted by atomic mass is 10.2. The van der Waals surface area contributed by atoms with Crippen molar-refractivity contribution in [2.45, 2.75) is 5.66 Å². The fourth-order valence-electron chi connectivity index (χ4n) is 1.08. The highest BCUT2D eigenvalue weighted by atomic mass is 16.5. The lowest BCUT2D eigenvalue weighted by molar-refractivity contribution is 0.183. The Morgan fingerprint density at radius 3 is 2.15 bits per heavy atom. The number of nitrogens with two attached hydrogens (primary N) is 2. The minimum absolute atomic E-state index is 0.129. The number of fused-ring (bicyclic) bond motifs is 1. The SMILES string of the molecule is NC1(N)COc2cn([O-])cc2OC1. The molecule has 6 nitrogen and oxygen atoms in total. The van der Waals surface area contributed by atoms with Gasteiger partial charge in [-0.25, -0.2) is 0 Å². The molecule has 0 atom stereocenters. The molecule has 0 saturated heterocycles. The summed E-state index contributed by atoms with van der Waals surface area (Å²) in [5.41, 5.74) is 10.2. The van der Waals surface area contributed by atoms with Crippen LogP contribution in [0.25, 0.3) is 0 Å². The molecule has 1 aliphatic heterocycles.